The molecule has 1 aromatic rings. The molecule has 0 atom stereocenters. The molecule has 10 heteroatoms. The maximum Gasteiger partial charge on any atom is 0.244 e. The minimum Gasteiger partial charge on any atom is -0.383 e. The number of benzene rings is 1. The summed E-state index contributed by atoms with van der Waals surface area (Å²) in [6.07, 6.45) is 0. The van der Waals surface area contributed by atoms with Crippen LogP contribution in [0.3, 0.4) is 0 Å². The van der Waals surface area contributed by atoms with Crippen LogP contribution in [0.15, 0.2) is 23.1 Å². The SMILES string of the molecule is COCCNCC(=O)Nc1ccc(F)c(S(=O)(=O)NC(C)(C)C)c1.Cl. The average molecular weight is 398 g/mol. The number of ether oxygens (including phenoxy) is 1. The van der Waals surface area contributed by atoms with Crippen molar-refractivity contribution in [1.29, 1.82) is 0 Å². The van der Waals surface area contributed by atoms with Gasteiger partial charge in [0.2, 0.25) is 15.9 Å². The highest BCUT2D eigenvalue weighted by Crippen LogP contribution is 2.21. The number of sulfonamides is 1. The van der Waals surface area contributed by atoms with Crippen molar-refractivity contribution < 1.29 is 22.3 Å². The van der Waals surface area contributed by atoms with E-state index in [1.165, 1.54) is 6.07 Å². The summed E-state index contributed by atoms with van der Waals surface area (Å²) in [4.78, 5) is 11.3. The number of carbonyl (C=O) groups excluding carboxylic acids is 1. The molecule has 0 unspecified atom stereocenters. The molecule has 0 saturated carbocycles. The number of anilines is 1. The quantitative estimate of drug-likeness (QED) is 0.577. The van der Waals surface area contributed by atoms with Gasteiger partial charge in [0, 0.05) is 24.9 Å². The van der Waals surface area contributed by atoms with Crippen molar-refractivity contribution >= 4 is 34.0 Å². The molecule has 0 saturated heterocycles. The lowest BCUT2D eigenvalue weighted by Gasteiger charge is -2.20. The van der Waals surface area contributed by atoms with Crippen LogP contribution in [0.5, 0.6) is 0 Å². The van der Waals surface area contributed by atoms with E-state index in [1.807, 2.05) is 0 Å². The lowest BCUT2D eigenvalue weighted by atomic mass is 10.1. The van der Waals surface area contributed by atoms with E-state index in [0.717, 1.165) is 12.1 Å². The molecule has 1 aromatic carbocycles. The van der Waals surface area contributed by atoms with Crippen LogP contribution in [-0.4, -0.2) is 46.7 Å². The summed E-state index contributed by atoms with van der Waals surface area (Å²) >= 11 is 0. The van der Waals surface area contributed by atoms with Crippen molar-refractivity contribution in [2.24, 2.45) is 0 Å². The predicted octanol–water partition coefficient (Wildman–Crippen LogP) is 1.50. The highest BCUT2D eigenvalue weighted by molar-refractivity contribution is 7.89. The van der Waals surface area contributed by atoms with Crippen molar-refractivity contribution in [3.05, 3.63) is 24.0 Å². The molecular weight excluding hydrogens is 373 g/mol. The van der Waals surface area contributed by atoms with E-state index in [2.05, 4.69) is 15.4 Å². The van der Waals surface area contributed by atoms with Gasteiger partial charge in [0.25, 0.3) is 0 Å². The van der Waals surface area contributed by atoms with Crippen molar-refractivity contribution in [3.63, 3.8) is 0 Å². The largest absolute Gasteiger partial charge is 0.383 e. The Kier molecular flexibility index (Phi) is 9.52. The third-order valence-corrected chi connectivity index (χ3v) is 4.49. The summed E-state index contributed by atoms with van der Waals surface area (Å²) in [6, 6.07) is 3.40. The van der Waals surface area contributed by atoms with Gasteiger partial charge >= 0.3 is 0 Å². The average Bonchev–Trinajstić information content (AvgIpc) is 2.43. The maximum absolute atomic E-state index is 13.9. The molecule has 3 N–H and O–H groups in total. The summed E-state index contributed by atoms with van der Waals surface area (Å²) in [5, 5.41) is 5.37. The first kappa shape index (κ1) is 23.7. The van der Waals surface area contributed by atoms with Crippen LogP contribution in [-0.2, 0) is 19.6 Å². The number of halogens is 2. The van der Waals surface area contributed by atoms with Crippen LogP contribution in [0.2, 0.25) is 0 Å². The zero-order valence-corrected chi connectivity index (χ0v) is 16.3. The molecule has 1 rings (SSSR count). The highest BCUT2D eigenvalue weighted by Gasteiger charge is 2.25. The minimum absolute atomic E-state index is 0. The molecule has 0 fully saturated rings. The van der Waals surface area contributed by atoms with Crippen molar-refractivity contribution in [3.8, 4) is 0 Å². The van der Waals surface area contributed by atoms with E-state index >= 15 is 0 Å². The third kappa shape index (κ3) is 8.59. The van der Waals surface area contributed by atoms with E-state index in [0.29, 0.717) is 13.2 Å². The van der Waals surface area contributed by atoms with Gasteiger partial charge in [0.1, 0.15) is 10.7 Å². The summed E-state index contributed by atoms with van der Waals surface area (Å²) < 4.78 is 45.6. The van der Waals surface area contributed by atoms with Crippen LogP contribution >= 0.6 is 12.4 Å². The molecule has 1 amide bonds. The first-order chi connectivity index (χ1) is 11.0. The molecule has 0 aromatic heterocycles. The monoisotopic (exact) mass is 397 g/mol. The lowest BCUT2D eigenvalue weighted by molar-refractivity contribution is -0.115. The number of carbonyl (C=O) groups is 1. The molecular formula is C15H25ClFN3O4S. The predicted molar refractivity (Wildman–Crippen MR) is 97.1 cm³/mol. The van der Waals surface area contributed by atoms with Crippen molar-refractivity contribution in [1.82, 2.24) is 10.0 Å². The number of hydrogen-bond donors (Lipinski definition) is 3. The highest BCUT2D eigenvalue weighted by atomic mass is 35.5. The Balaban J connectivity index is 0.00000576. The Labute approximate surface area is 154 Å². The molecule has 0 heterocycles. The Hall–Kier alpha value is -1.26. The standard InChI is InChI=1S/C15H24FN3O4S.ClH/c1-15(2,3)19-24(21,22)13-9-11(5-6-12(13)16)18-14(20)10-17-7-8-23-4;/h5-6,9,17,19H,7-8,10H2,1-4H3,(H,18,20);1H. The van der Waals surface area contributed by atoms with Crippen molar-refractivity contribution in [2.75, 3.05) is 32.1 Å². The Bertz CT molecular complexity index is 678. The van der Waals surface area contributed by atoms with Gasteiger partial charge in [-0.3, -0.25) is 4.79 Å². The number of methoxy groups -OCH3 is 1. The Morgan fingerprint density at radius 1 is 1.28 bits per heavy atom. The van der Waals surface area contributed by atoms with Crippen LogP contribution in [0.25, 0.3) is 0 Å². The molecule has 25 heavy (non-hydrogen) atoms. The molecule has 0 radical (unpaired) electrons. The smallest absolute Gasteiger partial charge is 0.244 e. The fourth-order valence-corrected chi connectivity index (χ4v) is 3.35. The molecule has 7 nitrogen and oxygen atoms in total. The molecule has 0 aliphatic carbocycles. The van der Waals surface area contributed by atoms with E-state index in [1.54, 1.807) is 27.9 Å². The van der Waals surface area contributed by atoms with Gasteiger partial charge in [-0.25, -0.2) is 17.5 Å². The lowest BCUT2D eigenvalue weighted by Crippen LogP contribution is -2.40. The summed E-state index contributed by atoms with van der Waals surface area (Å²) in [5.41, 5.74) is -0.556. The van der Waals surface area contributed by atoms with E-state index in [-0.39, 0.29) is 30.5 Å². The van der Waals surface area contributed by atoms with Crippen LogP contribution < -0.4 is 15.4 Å². The normalized spacial score (nSPS) is 11.7. The molecule has 0 spiro atoms. The van der Waals surface area contributed by atoms with Gasteiger partial charge in [-0.1, -0.05) is 0 Å². The van der Waals surface area contributed by atoms with Crippen LogP contribution in [0.4, 0.5) is 10.1 Å². The maximum atomic E-state index is 13.9. The second kappa shape index (κ2) is 10.0. The van der Waals surface area contributed by atoms with Crippen LogP contribution in [0, 0.1) is 5.82 Å². The van der Waals surface area contributed by atoms with Gasteiger partial charge < -0.3 is 15.4 Å². The van der Waals surface area contributed by atoms with Crippen LogP contribution in [0.1, 0.15) is 20.8 Å². The summed E-state index contributed by atoms with van der Waals surface area (Å²) in [5.74, 6) is -1.26. The zero-order valence-electron chi connectivity index (χ0n) is 14.7. The first-order valence-corrected chi connectivity index (χ1v) is 8.86. The van der Waals surface area contributed by atoms with E-state index < -0.39 is 26.3 Å². The van der Waals surface area contributed by atoms with Gasteiger partial charge in [0.05, 0.1) is 13.2 Å². The zero-order chi connectivity index (χ0) is 18.4. The Morgan fingerprint density at radius 3 is 2.48 bits per heavy atom. The molecule has 0 aliphatic heterocycles. The summed E-state index contributed by atoms with van der Waals surface area (Å²) in [7, 11) is -2.49. The van der Waals surface area contributed by atoms with Gasteiger partial charge in [-0.15, -0.1) is 12.4 Å². The molecule has 0 bridgehead atoms. The first-order valence-electron chi connectivity index (χ1n) is 7.38. The second-order valence-electron chi connectivity index (χ2n) is 6.22. The Morgan fingerprint density at radius 2 is 1.92 bits per heavy atom. The third-order valence-electron chi connectivity index (χ3n) is 2.71. The second-order valence-corrected chi connectivity index (χ2v) is 7.87. The fourth-order valence-electron chi connectivity index (χ4n) is 1.83. The topological polar surface area (TPSA) is 96.5 Å². The number of hydrogen-bond acceptors (Lipinski definition) is 5. The van der Waals surface area contributed by atoms with Gasteiger partial charge in [-0.05, 0) is 39.0 Å². The number of rotatable bonds is 8. The van der Waals surface area contributed by atoms with Crippen molar-refractivity contribution in [2.45, 2.75) is 31.2 Å². The summed E-state index contributed by atoms with van der Waals surface area (Å²) in [6.45, 7) is 5.95. The number of nitrogens with one attached hydrogen (secondary N) is 3. The molecule has 144 valence electrons. The minimum atomic E-state index is -4.04. The van der Waals surface area contributed by atoms with E-state index in [9.17, 15) is 17.6 Å². The van der Waals surface area contributed by atoms with Gasteiger partial charge in [0.15, 0.2) is 0 Å². The van der Waals surface area contributed by atoms with Gasteiger partial charge in [-0.2, -0.15) is 0 Å². The fraction of sp³-hybridized carbons (Fsp3) is 0.533. The number of amides is 1. The van der Waals surface area contributed by atoms with E-state index in [4.69, 9.17) is 4.74 Å². The molecule has 0 aliphatic rings.